The summed E-state index contributed by atoms with van der Waals surface area (Å²) >= 11 is 0. The van der Waals surface area contributed by atoms with Crippen molar-refractivity contribution >= 4 is 11.7 Å². The minimum atomic E-state index is -0.147. The molecular weight excluding hydrogens is 240 g/mol. The number of allylic oxidation sites excluding steroid dienone is 3. The summed E-state index contributed by atoms with van der Waals surface area (Å²) < 4.78 is 4.99. The molecule has 0 aliphatic rings. The molecule has 0 bridgehead atoms. The summed E-state index contributed by atoms with van der Waals surface area (Å²) in [5.41, 5.74) is 1.94. The number of esters is 1. The quantitative estimate of drug-likeness (QED) is 0.385. The van der Waals surface area contributed by atoms with Crippen molar-refractivity contribution in [1.82, 2.24) is 4.90 Å². The number of ether oxygens (including phenoxy) is 1. The van der Waals surface area contributed by atoms with Crippen LogP contribution in [0.15, 0.2) is 29.4 Å². The highest BCUT2D eigenvalue weighted by Gasteiger charge is 2.16. The number of carbonyl (C=O) groups is 1. The van der Waals surface area contributed by atoms with Gasteiger partial charge in [0.25, 0.3) is 0 Å². The molecule has 0 amide bonds. The molecule has 0 fully saturated rings. The van der Waals surface area contributed by atoms with Gasteiger partial charge >= 0.3 is 5.97 Å². The lowest BCUT2D eigenvalue weighted by atomic mass is 10.1. The summed E-state index contributed by atoms with van der Waals surface area (Å²) in [6.07, 6.45) is 3.59. The van der Waals surface area contributed by atoms with Gasteiger partial charge < -0.3 is 9.64 Å². The molecule has 108 valence electrons. The Bertz CT molecular complexity index is 359. The second-order valence-electron chi connectivity index (χ2n) is 4.74. The summed E-state index contributed by atoms with van der Waals surface area (Å²) in [6, 6.07) is 0. The van der Waals surface area contributed by atoms with Gasteiger partial charge in [0.05, 0.1) is 12.5 Å². The van der Waals surface area contributed by atoms with Gasteiger partial charge in [-0.2, -0.15) is 0 Å². The van der Waals surface area contributed by atoms with Gasteiger partial charge in [-0.1, -0.05) is 19.6 Å². The van der Waals surface area contributed by atoms with Gasteiger partial charge in [-0.05, 0) is 33.9 Å². The molecule has 19 heavy (non-hydrogen) atoms. The topological polar surface area (TPSA) is 41.9 Å². The Kier molecular flexibility index (Phi) is 8.79. The molecule has 1 atom stereocenters. The molecule has 0 aromatic carbocycles. The largest absolute Gasteiger partial charge is 0.466 e. The van der Waals surface area contributed by atoms with Gasteiger partial charge in [-0.15, -0.1) is 0 Å². The van der Waals surface area contributed by atoms with Crippen molar-refractivity contribution in [3.8, 4) is 0 Å². The molecule has 0 aromatic heterocycles. The van der Waals surface area contributed by atoms with Gasteiger partial charge in [0.1, 0.15) is 0 Å². The molecule has 4 heteroatoms. The molecule has 0 aliphatic heterocycles. The fraction of sp³-hybridized carbons (Fsp3) is 0.600. The SMILES string of the molecule is C=C/C=C(C)/N=C(\C)CN(C)CC(C)C(=O)OCC. The van der Waals surface area contributed by atoms with E-state index in [1.807, 2.05) is 40.8 Å². The molecule has 0 radical (unpaired) electrons. The van der Waals surface area contributed by atoms with Crippen LogP contribution >= 0.6 is 0 Å². The number of hydrogen-bond donors (Lipinski definition) is 0. The van der Waals surface area contributed by atoms with E-state index >= 15 is 0 Å². The Balaban J connectivity index is 4.30. The van der Waals surface area contributed by atoms with E-state index in [0.717, 1.165) is 18.0 Å². The lowest BCUT2D eigenvalue weighted by Crippen LogP contribution is -2.32. The van der Waals surface area contributed by atoms with Crippen LogP contribution in [0.3, 0.4) is 0 Å². The van der Waals surface area contributed by atoms with Crippen LogP contribution in [0.5, 0.6) is 0 Å². The average molecular weight is 266 g/mol. The standard InChI is InChI=1S/C15H26N2O2/c1-7-9-13(4)16-14(5)11-17(6)10-12(3)15(18)19-8-2/h7,9,12H,1,8,10-11H2,2-6H3/b13-9+,16-14+. The molecule has 0 spiro atoms. The molecule has 0 heterocycles. The smallest absolute Gasteiger partial charge is 0.309 e. The monoisotopic (exact) mass is 266 g/mol. The number of aliphatic imine (C=N–C) groups is 1. The van der Waals surface area contributed by atoms with Crippen molar-refractivity contribution in [2.24, 2.45) is 10.9 Å². The van der Waals surface area contributed by atoms with Crippen molar-refractivity contribution in [3.05, 3.63) is 24.4 Å². The van der Waals surface area contributed by atoms with Crippen LogP contribution in [-0.2, 0) is 9.53 Å². The zero-order chi connectivity index (χ0) is 14.8. The van der Waals surface area contributed by atoms with Crippen LogP contribution in [0.2, 0.25) is 0 Å². The predicted molar refractivity (Wildman–Crippen MR) is 80.4 cm³/mol. The molecule has 0 saturated carbocycles. The van der Waals surface area contributed by atoms with E-state index in [4.69, 9.17) is 4.74 Å². The van der Waals surface area contributed by atoms with Crippen molar-refractivity contribution in [3.63, 3.8) is 0 Å². The van der Waals surface area contributed by atoms with E-state index in [-0.39, 0.29) is 11.9 Å². The minimum Gasteiger partial charge on any atom is -0.466 e. The lowest BCUT2D eigenvalue weighted by molar-refractivity contribution is -0.147. The average Bonchev–Trinajstić information content (AvgIpc) is 2.28. The first-order valence-electron chi connectivity index (χ1n) is 6.59. The number of hydrogen-bond acceptors (Lipinski definition) is 4. The van der Waals surface area contributed by atoms with Gasteiger partial charge in [0, 0.05) is 24.5 Å². The second-order valence-corrected chi connectivity index (χ2v) is 4.74. The van der Waals surface area contributed by atoms with Crippen LogP contribution in [-0.4, -0.2) is 43.3 Å². The third-order valence-electron chi connectivity index (χ3n) is 2.50. The van der Waals surface area contributed by atoms with E-state index in [1.54, 1.807) is 6.08 Å². The summed E-state index contributed by atoms with van der Waals surface area (Å²) in [5, 5.41) is 0. The Morgan fingerprint density at radius 2 is 2.11 bits per heavy atom. The number of nitrogens with zero attached hydrogens (tertiary/aromatic N) is 2. The minimum absolute atomic E-state index is 0.123. The zero-order valence-electron chi connectivity index (χ0n) is 12.8. The van der Waals surface area contributed by atoms with Gasteiger partial charge in [0.15, 0.2) is 0 Å². The van der Waals surface area contributed by atoms with Crippen molar-refractivity contribution in [1.29, 1.82) is 0 Å². The maximum absolute atomic E-state index is 11.5. The fourth-order valence-corrected chi connectivity index (χ4v) is 1.83. The Morgan fingerprint density at radius 1 is 1.47 bits per heavy atom. The third kappa shape index (κ3) is 8.32. The molecule has 0 N–H and O–H groups in total. The van der Waals surface area contributed by atoms with Gasteiger partial charge in [-0.25, -0.2) is 0 Å². The zero-order valence-corrected chi connectivity index (χ0v) is 12.8. The van der Waals surface area contributed by atoms with Gasteiger partial charge in [0.2, 0.25) is 0 Å². The van der Waals surface area contributed by atoms with Gasteiger partial charge in [-0.3, -0.25) is 9.79 Å². The Morgan fingerprint density at radius 3 is 2.63 bits per heavy atom. The van der Waals surface area contributed by atoms with Crippen LogP contribution in [0.4, 0.5) is 0 Å². The first kappa shape index (κ1) is 17.6. The fourth-order valence-electron chi connectivity index (χ4n) is 1.83. The summed E-state index contributed by atoms with van der Waals surface area (Å²) in [5.74, 6) is -0.269. The molecule has 4 nitrogen and oxygen atoms in total. The maximum atomic E-state index is 11.5. The summed E-state index contributed by atoms with van der Waals surface area (Å²) in [6.45, 7) is 13.1. The molecule has 0 rings (SSSR count). The van der Waals surface area contributed by atoms with Crippen LogP contribution in [0.25, 0.3) is 0 Å². The van der Waals surface area contributed by atoms with Crippen molar-refractivity contribution in [2.45, 2.75) is 27.7 Å². The van der Waals surface area contributed by atoms with E-state index in [9.17, 15) is 4.79 Å². The maximum Gasteiger partial charge on any atom is 0.309 e. The Labute approximate surface area is 116 Å². The first-order valence-corrected chi connectivity index (χ1v) is 6.59. The molecule has 0 saturated heterocycles. The molecular formula is C15H26N2O2. The lowest BCUT2D eigenvalue weighted by Gasteiger charge is -2.20. The molecule has 1 unspecified atom stereocenters. The molecule has 0 aromatic rings. The van der Waals surface area contributed by atoms with Crippen molar-refractivity contribution < 1.29 is 9.53 Å². The highest BCUT2D eigenvalue weighted by molar-refractivity contribution is 5.84. The highest BCUT2D eigenvalue weighted by Crippen LogP contribution is 2.03. The van der Waals surface area contributed by atoms with E-state index < -0.39 is 0 Å². The van der Waals surface area contributed by atoms with Crippen molar-refractivity contribution in [2.75, 3.05) is 26.7 Å². The molecule has 0 aliphatic carbocycles. The predicted octanol–water partition coefficient (Wildman–Crippen LogP) is 2.67. The second kappa shape index (κ2) is 9.50. The summed E-state index contributed by atoms with van der Waals surface area (Å²) in [7, 11) is 1.97. The first-order chi connectivity index (χ1) is 8.90. The number of carbonyl (C=O) groups excluding carboxylic acids is 1. The van der Waals surface area contributed by atoms with E-state index in [1.165, 1.54) is 0 Å². The Hall–Kier alpha value is -1.42. The van der Waals surface area contributed by atoms with E-state index in [0.29, 0.717) is 13.2 Å². The number of rotatable bonds is 8. The van der Waals surface area contributed by atoms with Crippen LogP contribution in [0.1, 0.15) is 27.7 Å². The van der Waals surface area contributed by atoms with E-state index in [2.05, 4.69) is 16.5 Å². The van der Waals surface area contributed by atoms with Crippen LogP contribution < -0.4 is 0 Å². The normalized spacial score (nSPS) is 14.4. The third-order valence-corrected chi connectivity index (χ3v) is 2.50. The summed E-state index contributed by atoms with van der Waals surface area (Å²) in [4.78, 5) is 18.0. The van der Waals surface area contributed by atoms with Crippen LogP contribution in [0, 0.1) is 5.92 Å². The highest BCUT2D eigenvalue weighted by atomic mass is 16.5.